The third kappa shape index (κ3) is 2.10. The van der Waals surface area contributed by atoms with Crippen LogP contribution in [0.3, 0.4) is 0 Å². The second kappa shape index (κ2) is 4.71. The van der Waals surface area contributed by atoms with Crippen LogP contribution in [0.2, 0.25) is 0 Å². The molecule has 2 rings (SSSR count). The monoisotopic (exact) mass is 237 g/mol. The van der Waals surface area contributed by atoms with E-state index < -0.39 is 5.82 Å². The van der Waals surface area contributed by atoms with E-state index in [1.165, 1.54) is 12.1 Å². The van der Waals surface area contributed by atoms with Gasteiger partial charge in [-0.1, -0.05) is 6.07 Å². The van der Waals surface area contributed by atoms with Crippen molar-refractivity contribution in [1.29, 1.82) is 0 Å². The van der Waals surface area contributed by atoms with Gasteiger partial charge in [-0.15, -0.1) is 0 Å². The normalized spacial score (nSPS) is 19.5. The minimum Gasteiger partial charge on any atom is -0.336 e. The van der Waals surface area contributed by atoms with Crippen molar-refractivity contribution in [1.82, 2.24) is 4.90 Å². The molecule has 1 heterocycles. The van der Waals surface area contributed by atoms with Crippen molar-refractivity contribution in [3.63, 3.8) is 0 Å². The van der Waals surface area contributed by atoms with E-state index >= 15 is 0 Å². The number of halogens is 1. The third-order valence-corrected chi connectivity index (χ3v) is 3.20. The Morgan fingerprint density at radius 2 is 2.35 bits per heavy atom. The van der Waals surface area contributed by atoms with Gasteiger partial charge in [-0.2, -0.15) is 0 Å². The maximum atomic E-state index is 13.5. The number of nitrogens with one attached hydrogen (secondary N) is 1. The number of amides is 1. The number of rotatable bonds is 2. The molecule has 1 fully saturated rings. The minimum atomic E-state index is -0.509. The molecular formula is C12H16FN3O. The number of nitrogens with two attached hydrogens (primary N) is 1. The lowest BCUT2D eigenvalue weighted by atomic mass is 10.1. The molecule has 1 amide bonds. The molecule has 1 atom stereocenters. The van der Waals surface area contributed by atoms with Crippen LogP contribution in [0, 0.1) is 5.82 Å². The summed E-state index contributed by atoms with van der Waals surface area (Å²) in [5, 5.41) is 0. The number of nitrogens with zero attached hydrogens (tertiary/aromatic N) is 1. The van der Waals surface area contributed by atoms with Gasteiger partial charge in [0.2, 0.25) is 0 Å². The Bertz CT molecular complexity index is 436. The molecule has 1 aliphatic rings. The number of likely N-dealkylation sites (tertiary alicyclic amines) is 1. The number of carbonyl (C=O) groups is 1. The molecule has 0 aromatic heterocycles. The Morgan fingerprint density at radius 1 is 1.59 bits per heavy atom. The Kier molecular flexibility index (Phi) is 3.28. The van der Waals surface area contributed by atoms with Crippen LogP contribution in [0.4, 0.5) is 10.1 Å². The third-order valence-electron chi connectivity index (χ3n) is 3.20. The molecule has 17 heavy (non-hydrogen) atoms. The molecular weight excluding hydrogens is 221 g/mol. The van der Waals surface area contributed by atoms with Crippen molar-refractivity contribution in [2.24, 2.45) is 5.84 Å². The van der Waals surface area contributed by atoms with Gasteiger partial charge in [-0.3, -0.25) is 10.6 Å². The number of benzene rings is 1. The summed E-state index contributed by atoms with van der Waals surface area (Å²) in [6.45, 7) is 2.72. The van der Waals surface area contributed by atoms with E-state index in [9.17, 15) is 9.18 Å². The molecule has 1 aromatic rings. The van der Waals surface area contributed by atoms with Crippen LogP contribution in [-0.2, 0) is 0 Å². The molecule has 1 unspecified atom stereocenters. The van der Waals surface area contributed by atoms with E-state index in [2.05, 4.69) is 5.43 Å². The molecule has 0 saturated carbocycles. The lowest BCUT2D eigenvalue weighted by Crippen LogP contribution is -2.34. The van der Waals surface area contributed by atoms with Crippen molar-refractivity contribution in [2.45, 2.75) is 25.8 Å². The van der Waals surface area contributed by atoms with Crippen LogP contribution in [0.25, 0.3) is 0 Å². The van der Waals surface area contributed by atoms with Crippen LogP contribution in [0.15, 0.2) is 18.2 Å². The largest absolute Gasteiger partial charge is 0.336 e. The van der Waals surface area contributed by atoms with Crippen molar-refractivity contribution in [2.75, 3.05) is 12.0 Å². The number of carbonyl (C=O) groups excluding carboxylic acids is 1. The van der Waals surface area contributed by atoms with E-state index in [-0.39, 0.29) is 17.6 Å². The first kappa shape index (κ1) is 11.9. The topological polar surface area (TPSA) is 58.4 Å². The van der Waals surface area contributed by atoms with E-state index in [0.717, 1.165) is 19.4 Å². The summed E-state index contributed by atoms with van der Waals surface area (Å²) in [4.78, 5) is 14.0. The highest BCUT2D eigenvalue weighted by atomic mass is 19.1. The molecule has 4 nitrogen and oxygen atoms in total. The SMILES string of the molecule is CC1CCCN1C(=O)c1cccc(F)c1NN. The maximum absolute atomic E-state index is 13.5. The summed E-state index contributed by atoms with van der Waals surface area (Å²) >= 11 is 0. The maximum Gasteiger partial charge on any atom is 0.256 e. The zero-order valence-electron chi connectivity index (χ0n) is 9.74. The lowest BCUT2D eigenvalue weighted by Gasteiger charge is -2.22. The first-order valence-electron chi connectivity index (χ1n) is 5.71. The number of nitrogen functional groups attached to an aromatic ring is 1. The predicted octanol–water partition coefficient (Wildman–Crippen LogP) is 1.74. The predicted molar refractivity (Wildman–Crippen MR) is 63.9 cm³/mol. The molecule has 92 valence electrons. The Labute approximate surface area is 99.6 Å². The molecule has 5 heteroatoms. The Morgan fingerprint density at radius 3 is 2.94 bits per heavy atom. The quantitative estimate of drug-likeness (QED) is 0.608. The van der Waals surface area contributed by atoms with Gasteiger partial charge < -0.3 is 10.3 Å². The first-order valence-corrected chi connectivity index (χ1v) is 5.71. The summed E-state index contributed by atoms with van der Waals surface area (Å²) in [6, 6.07) is 4.59. The van der Waals surface area contributed by atoms with Gasteiger partial charge in [0.05, 0.1) is 11.3 Å². The number of hydrazine groups is 1. The smallest absolute Gasteiger partial charge is 0.256 e. The fraction of sp³-hybridized carbons (Fsp3) is 0.417. The van der Waals surface area contributed by atoms with Crippen LogP contribution in [0.5, 0.6) is 0 Å². The first-order chi connectivity index (χ1) is 8.15. The molecule has 0 spiro atoms. The fourth-order valence-corrected chi connectivity index (χ4v) is 2.24. The summed E-state index contributed by atoms with van der Waals surface area (Å²) in [7, 11) is 0. The van der Waals surface area contributed by atoms with Gasteiger partial charge in [-0.05, 0) is 31.9 Å². The van der Waals surface area contributed by atoms with Gasteiger partial charge in [0.1, 0.15) is 5.82 Å². The molecule has 3 N–H and O–H groups in total. The van der Waals surface area contributed by atoms with Crippen LogP contribution >= 0.6 is 0 Å². The summed E-state index contributed by atoms with van der Waals surface area (Å²) in [5.74, 6) is 4.59. The second-order valence-electron chi connectivity index (χ2n) is 4.30. The zero-order chi connectivity index (χ0) is 12.4. The fourth-order valence-electron chi connectivity index (χ4n) is 2.24. The van der Waals surface area contributed by atoms with Crippen molar-refractivity contribution < 1.29 is 9.18 Å². The number of anilines is 1. The number of hydrogen-bond acceptors (Lipinski definition) is 3. The molecule has 0 aliphatic carbocycles. The second-order valence-corrected chi connectivity index (χ2v) is 4.30. The highest BCUT2D eigenvalue weighted by Crippen LogP contribution is 2.24. The van der Waals surface area contributed by atoms with Gasteiger partial charge in [-0.25, -0.2) is 4.39 Å². The van der Waals surface area contributed by atoms with Crippen LogP contribution in [0.1, 0.15) is 30.1 Å². The average molecular weight is 237 g/mol. The van der Waals surface area contributed by atoms with E-state index in [4.69, 9.17) is 5.84 Å². The minimum absolute atomic E-state index is 0.0663. The molecule has 0 radical (unpaired) electrons. The summed E-state index contributed by atoms with van der Waals surface area (Å²) < 4.78 is 13.5. The van der Waals surface area contributed by atoms with E-state index in [1.54, 1.807) is 11.0 Å². The van der Waals surface area contributed by atoms with Crippen molar-refractivity contribution in [3.05, 3.63) is 29.6 Å². The van der Waals surface area contributed by atoms with Crippen LogP contribution in [-0.4, -0.2) is 23.4 Å². The zero-order valence-corrected chi connectivity index (χ0v) is 9.74. The van der Waals surface area contributed by atoms with Gasteiger partial charge in [0.25, 0.3) is 5.91 Å². The number of para-hydroxylation sites is 1. The molecule has 1 aliphatic heterocycles. The molecule has 1 aromatic carbocycles. The van der Waals surface area contributed by atoms with Gasteiger partial charge in [0.15, 0.2) is 0 Å². The Balaban J connectivity index is 2.33. The van der Waals surface area contributed by atoms with Crippen LogP contribution < -0.4 is 11.3 Å². The average Bonchev–Trinajstić information content (AvgIpc) is 2.74. The molecule has 0 bridgehead atoms. The lowest BCUT2D eigenvalue weighted by molar-refractivity contribution is 0.0748. The summed E-state index contributed by atoms with van der Waals surface area (Å²) in [5.41, 5.74) is 2.62. The summed E-state index contributed by atoms with van der Waals surface area (Å²) in [6.07, 6.45) is 1.99. The Hall–Kier alpha value is -1.62. The standard InChI is InChI=1S/C12H16FN3O/c1-8-4-3-7-16(8)12(17)9-5-2-6-10(13)11(9)15-14/h2,5-6,8,15H,3-4,7,14H2,1H3. The molecule has 1 saturated heterocycles. The van der Waals surface area contributed by atoms with Gasteiger partial charge in [0, 0.05) is 12.6 Å². The van der Waals surface area contributed by atoms with E-state index in [1.807, 2.05) is 6.92 Å². The van der Waals surface area contributed by atoms with E-state index in [0.29, 0.717) is 5.56 Å². The van der Waals surface area contributed by atoms with Gasteiger partial charge >= 0.3 is 0 Å². The van der Waals surface area contributed by atoms with Crippen molar-refractivity contribution >= 4 is 11.6 Å². The van der Waals surface area contributed by atoms with Crippen molar-refractivity contribution in [3.8, 4) is 0 Å². The highest BCUT2D eigenvalue weighted by Gasteiger charge is 2.28. The highest BCUT2D eigenvalue weighted by molar-refractivity contribution is 5.99. The number of hydrogen-bond donors (Lipinski definition) is 2.